The van der Waals surface area contributed by atoms with Crippen molar-refractivity contribution >= 4 is 11.8 Å². The first-order valence-corrected chi connectivity index (χ1v) is 4.02. The van der Waals surface area contributed by atoms with Crippen LogP contribution in [0.3, 0.4) is 0 Å². The number of ether oxygens (including phenoxy) is 2. The summed E-state index contributed by atoms with van der Waals surface area (Å²) in [5, 5.41) is 0. The van der Waals surface area contributed by atoms with E-state index in [4.69, 9.17) is 4.74 Å². The molecule has 68 valence electrons. The maximum absolute atomic E-state index is 11.4. The van der Waals surface area contributed by atoms with Crippen molar-refractivity contribution in [3.63, 3.8) is 0 Å². The molecule has 0 radical (unpaired) electrons. The Morgan fingerprint density at radius 2 is 2.08 bits per heavy atom. The van der Waals surface area contributed by atoms with Gasteiger partial charge < -0.3 is 9.47 Å². The SMILES string of the molecule is C=C1OC(=O)C2=C1OCCCC2=O. The summed E-state index contributed by atoms with van der Waals surface area (Å²) in [5.41, 5.74) is 0.0301. The number of hydrogen-bond acceptors (Lipinski definition) is 4. The van der Waals surface area contributed by atoms with Crippen LogP contribution in [0.1, 0.15) is 12.8 Å². The Hall–Kier alpha value is -1.58. The van der Waals surface area contributed by atoms with E-state index in [2.05, 4.69) is 11.3 Å². The molecule has 0 bridgehead atoms. The van der Waals surface area contributed by atoms with Crippen LogP contribution in [-0.4, -0.2) is 18.4 Å². The molecule has 0 spiro atoms. The van der Waals surface area contributed by atoms with Crippen molar-refractivity contribution in [2.24, 2.45) is 0 Å². The second kappa shape index (κ2) is 2.73. The van der Waals surface area contributed by atoms with Gasteiger partial charge in [-0.2, -0.15) is 0 Å². The molecular formula is C9H8O4. The third kappa shape index (κ3) is 1.14. The van der Waals surface area contributed by atoms with Gasteiger partial charge in [-0.1, -0.05) is 6.58 Å². The quantitative estimate of drug-likeness (QED) is 0.406. The van der Waals surface area contributed by atoms with Crippen LogP contribution < -0.4 is 0 Å². The molecule has 2 rings (SSSR count). The highest BCUT2D eigenvalue weighted by Crippen LogP contribution is 2.29. The van der Waals surface area contributed by atoms with Crippen LogP contribution in [0.15, 0.2) is 23.7 Å². The van der Waals surface area contributed by atoms with E-state index in [0.29, 0.717) is 19.4 Å². The number of carbonyl (C=O) groups excluding carboxylic acids is 2. The van der Waals surface area contributed by atoms with E-state index in [9.17, 15) is 9.59 Å². The number of rotatable bonds is 0. The minimum absolute atomic E-state index is 0.0301. The molecule has 0 fully saturated rings. The average Bonchev–Trinajstić information content (AvgIpc) is 2.28. The molecule has 0 saturated carbocycles. The zero-order valence-electron chi connectivity index (χ0n) is 6.96. The molecule has 0 aliphatic carbocycles. The molecule has 0 unspecified atom stereocenters. The van der Waals surface area contributed by atoms with Gasteiger partial charge in [-0.05, 0) is 6.42 Å². The molecule has 13 heavy (non-hydrogen) atoms. The Morgan fingerprint density at radius 3 is 2.85 bits per heavy atom. The fourth-order valence-corrected chi connectivity index (χ4v) is 1.37. The van der Waals surface area contributed by atoms with Gasteiger partial charge in [0.1, 0.15) is 5.57 Å². The van der Waals surface area contributed by atoms with Crippen LogP contribution in [0.2, 0.25) is 0 Å². The third-order valence-electron chi connectivity index (χ3n) is 1.97. The van der Waals surface area contributed by atoms with Gasteiger partial charge in [-0.15, -0.1) is 0 Å². The molecular weight excluding hydrogens is 172 g/mol. The number of carbonyl (C=O) groups is 2. The van der Waals surface area contributed by atoms with Crippen molar-refractivity contribution < 1.29 is 19.1 Å². The fourth-order valence-electron chi connectivity index (χ4n) is 1.37. The number of hydrogen-bond donors (Lipinski definition) is 0. The Kier molecular flexibility index (Phi) is 1.69. The van der Waals surface area contributed by atoms with Crippen molar-refractivity contribution in [3.05, 3.63) is 23.7 Å². The van der Waals surface area contributed by atoms with Crippen LogP contribution in [0.4, 0.5) is 0 Å². The smallest absolute Gasteiger partial charge is 0.351 e. The van der Waals surface area contributed by atoms with Gasteiger partial charge in [0.25, 0.3) is 0 Å². The van der Waals surface area contributed by atoms with E-state index < -0.39 is 5.97 Å². The summed E-state index contributed by atoms with van der Waals surface area (Å²) in [6.07, 6.45) is 0.966. The van der Waals surface area contributed by atoms with E-state index in [1.165, 1.54) is 0 Å². The van der Waals surface area contributed by atoms with Crippen molar-refractivity contribution in [2.45, 2.75) is 12.8 Å². The lowest BCUT2D eigenvalue weighted by molar-refractivity contribution is -0.134. The summed E-state index contributed by atoms with van der Waals surface area (Å²) in [4.78, 5) is 22.5. The van der Waals surface area contributed by atoms with E-state index in [1.807, 2.05) is 0 Å². The second-order valence-corrected chi connectivity index (χ2v) is 2.89. The van der Waals surface area contributed by atoms with Gasteiger partial charge in [0.15, 0.2) is 17.3 Å². The van der Waals surface area contributed by atoms with Gasteiger partial charge in [0.2, 0.25) is 0 Å². The van der Waals surface area contributed by atoms with E-state index in [1.54, 1.807) is 0 Å². The van der Waals surface area contributed by atoms with E-state index in [-0.39, 0.29) is 22.9 Å². The molecule has 0 aromatic carbocycles. The molecule has 4 heteroatoms. The Labute approximate surface area is 74.8 Å². The maximum Gasteiger partial charge on any atom is 0.351 e. The first-order chi connectivity index (χ1) is 6.20. The standard InChI is InChI=1S/C9H8O4/c1-5-8-7(9(11)13-5)6(10)3-2-4-12-8/h1-4H2. The summed E-state index contributed by atoms with van der Waals surface area (Å²) >= 11 is 0. The lowest BCUT2D eigenvalue weighted by Crippen LogP contribution is -2.09. The lowest BCUT2D eigenvalue weighted by atomic mass is 10.1. The molecule has 0 N–H and O–H groups in total. The normalized spacial score (nSPS) is 22.3. The fraction of sp³-hybridized carbons (Fsp3) is 0.333. The van der Waals surface area contributed by atoms with Crippen LogP contribution in [-0.2, 0) is 19.1 Å². The van der Waals surface area contributed by atoms with E-state index in [0.717, 1.165) is 0 Å². The largest absolute Gasteiger partial charge is 0.489 e. The molecule has 2 aliphatic heterocycles. The molecule has 0 amide bonds. The number of esters is 1. The molecule has 0 saturated heterocycles. The summed E-state index contributed by atoms with van der Waals surface area (Å²) in [5.74, 6) is -0.467. The minimum atomic E-state index is -0.633. The number of cyclic esters (lactones) is 1. The van der Waals surface area contributed by atoms with E-state index >= 15 is 0 Å². The van der Waals surface area contributed by atoms with Gasteiger partial charge in [-0.3, -0.25) is 4.79 Å². The van der Waals surface area contributed by atoms with Crippen LogP contribution in [0.25, 0.3) is 0 Å². The van der Waals surface area contributed by atoms with Crippen LogP contribution >= 0.6 is 0 Å². The Bertz CT molecular complexity index is 338. The minimum Gasteiger partial charge on any atom is -0.489 e. The number of Topliss-reactive ketones (excluding diaryl/α,β-unsaturated/α-hetero) is 1. The predicted octanol–water partition coefficient (Wildman–Crippen LogP) is 0.690. The lowest BCUT2D eigenvalue weighted by Gasteiger charge is -2.02. The Morgan fingerprint density at radius 1 is 1.31 bits per heavy atom. The molecule has 2 heterocycles. The molecule has 2 aliphatic rings. The summed E-state index contributed by atoms with van der Waals surface area (Å²) in [6, 6.07) is 0. The average molecular weight is 180 g/mol. The zero-order valence-corrected chi connectivity index (χ0v) is 6.96. The van der Waals surface area contributed by atoms with Gasteiger partial charge in [-0.25, -0.2) is 4.79 Å². The molecule has 0 atom stereocenters. The predicted molar refractivity (Wildman–Crippen MR) is 42.5 cm³/mol. The highest BCUT2D eigenvalue weighted by Gasteiger charge is 2.36. The van der Waals surface area contributed by atoms with Gasteiger partial charge >= 0.3 is 5.97 Å². The second-order valence-electron chi connectivity index (χ2n) is 2.89. The number of ketones is 1. The zero-order chi connectivity index (χ0) is 9.42. The summed E-state index contributed by atoms with van der Waals surface area (Å²) in [7, 11) is 0. The molecule has 0 aromatic heterocycles. The third-order valence-corrected chi connectivity index (χ3v) is 1.97. The van der Waals surface area contributed by atoms with Crippen molar-refractivity contribution in [1.29, 1.82) is 0 Å². The van der Waals surface area contributed by atoms with Crippen LogP contribution in [0, 0.1) is 0 Å². The highest BCUT2D eigenvalue weighted by molar-refractivity contribution is 6.20. The van der Waals surface area contributed by atoms with Gasteiger partial charge in [0.05, 0.1) is 6.61 Å². The molecule has 4 nitrogen and oxygen atoms in total. The topological polar surface area (TPSA) is 52.6 Å². The summed E-state index contributed by atoms with van der Waals surface area (Å²) in [6.45, 7) is 3.92. The maximum atomic E-state index is 11.4. The van der Waals surface area contributed by atoms with Crippen LogP contribution in [0.5, 0.6) is 0 Å². The van der Waals surface area contributed by atoms with Crippen molar-refractivity contribution in [3.8, 4) is 0 Å². The highest BCUT2D eigenvalue weighted by atomic mass is 16.6. The van der Waals surface area contributed by atoms with Crippen molar-refractivity contribution in [1.82, 2.24) is 0 Å². The Balaban J connectivity index is 2.46. The monoisotopic (exact) mass is 180 g/mol. The van der Waals surface area contributed by atoms with Gasteiger partial charge in [0, 0.05) is 6.42 Å². The summed E-state index contributed by atoms with van der Waals surface area (Å²) < 4.78 is 9.87. The van der Waals surface area contributed by atoms with Crippen molar-refractivity contribution in [2.75, 3.05) is 6.61 Å². The first kappa shape index (κ1) is 8.04. The first-order valence-electron chi connectivity index (χ1n) is 4.02. The molecule has 0 aromatic rings.